The van der Waals surface area contributed by atoms with Crippen molar-refractivity contribution in [2.45, 2.75) is 26.4 Å². The van der Waals surface area contributed by atoms with E-state index in [1.54, 1.807) is 6.20 Å². The molecular formula is C15H17NO. The van der Waals surface area contributed by atoms with E-state index in [0.717, 1.165) is 23.4 Å². The van der Waals surface area contributed by atoms with Gasteiger partial charge in [-0.25, -0.2) is 0 Å². The molecule has 0 spiro atoms. The quantitative estimate of drug-likeness (QED) is 0.789. The van der Waals surface area contributed by atoms with Crippen LogP contribution >= 0.6 is 0 Å². The molecule has 1 atom stereocenters. The lowest BCUT2D eigenvalue weighted by atomic mass is 10.1. The van der Waals surface area contributed by atoms with Crippen LogP contribution in [0, 0.1) is 0 Å². The van der Waals surface area contributed by atoms with Crippen LogP contribution in [0.25, 0.3) is 11.3 Å². The number of hydrogen-bond donors (Lipinski definition) is 0. The summed E-state index contributed by atoms with van der Waals surface area (Å²) in [5.41, 5.74) is 2.00. The van der Waals surface area contributed by atoms with Crippen LogP contribution in [-0.4, -0.2) is 11.1 Å². The third kappa shape index (κ3) is 2.84. The van der Waals surface area contributed by atoms with Gasteiger partial charge in [0.15, 0.2) is 0 Å². The van der Waals surface area contributed by atoms with Crippen LogP contribution in [0.3, 0.4) is 0 Å². The first-order chi connectivity index (χ1) is 8.31. The Morgan fingerprint density at radius 1 is 1.12 bits per heavy atom. The predicted molar refractivity (Wildman–Crippen MR) is 70.1 cm³/mol. The highest BCUT2D eigenvalue weighted by Crippen LogP contribution is 2.28. The van der Waals surface area contributed by atoms with Crippen molar-refractivity contribution in [3.8, 4) is 17.0 Å². The maximum absolute atomic E-state index is 5.91. The van der Waals surface area contributed by atoms with Gasteiger partial charge in [-0.3, -0.25) is 4.98 Å². The fourth-order valence-corrected chi connectivity index (χ4v) is 1.60. The summed E-state index contributed by atoms with van der Waals surface area (Å²) in [7, 11) is 0. The Hall–Kier alpha value is -1.83. The molecule has 0 radical (unpaired) electrons. The molecule has 2 rings (SSSR count). The molecule has 0 N–H and O–H groups in total. The van der Waals surface area contributed by atoms with E-state index in [9.17, 15) is 0 Å². The van der Waals surface area contributed by atoms with Gasteiger partial charge in [-0.1, -0.05) is 25.1 Å². The number of nitrogens with zero attached hydrogens (tertiary/aromatic N) is 1. The Morgan fingerprint density at radius 2 is 1.88 bits per heavy atom. The van der Waals surface area contributed by atoms with Crippen molar-refractivity contribution in [3.05, 3.63) is 48.7 Å². The standard InChI is InChI=1S/C15H17NO/c1-3-12(2)17-15-10-5-4-8-13(15)14-9-6-7-11-16-14/h4-12H,3H2,1-2H3/t12-/m0/s1. The Labute approximate surface area is 102 Å². The zero-order valence-electron chi connectivity index (χ0n) is 10.3. The molecule has 2 heteroatoms. The highest BCUT2D eigenvalue weighted by atomic mass is 16.5. The minimum Gasteiger partial charge on any atom is -0.490 e. The van der Waals surface area contributed by atoms with E-state index < -0.39 is 0 Å². The fraction of sp³-hybridized carbons (Fsp3) is 0.267. The van der Waals surface area contributed by atoms with Crippen molar-refractivity contribution in [1.82, 2.24) is 4.98 Å². The number of benzene rings is 1. The molecule has 0 saturated heterocycles. The van der Waals surface area contributed by atoms with Crippen molar-refractivity contribution in [2.75, 3.05) is 0 Å². The van der Waals surface area contributed by atoms with Crippen LogP contribution in [0.1, 0.15) is 20.3 Å². The summed E-state index contributed by atoms with van der Waals surface area (Å²) in [4.78, 5) is 4.36. The van der Waals surface area contributed by atoms with Crippen molar-refractivity contribution in [3.63, 3.8) is 0 Å². The number of para-hydroxylation sites is 1. The zero-order chi connectivity index (χ0) is 12.1. The molecule has 0 saturated carbocycles. The van der Waals surface area contributed by atoms with Crippen LogP contribution in [0.2, 0.25) is 0 Å². The Kier molecular flexibility index (Phi) is 3.76. The van der Waals surface area contributed by atoms with Gasteiger partial charge < -0.3 is 4.74 Å². The van der Waals surface area contributed by atoms with E-state index in [1.165, 1.54) is 0 Å². The van der Waals surface area contributed by atoms with Crippen molar-refractivity contribution in [2.24, 2.45) is 0 Å². The van der Waals surface area contributed by atoms with Gasteiger partial charge >= 0.3 is 0 Å². The number of hydrogen-bond acceptors (Lipinski definition) is 2. The number of rotatable bonds is 4. The van der Waals surface area contributed by atoms with Gasteiger partial charge in [0.05, 0.1) is 11.8 Å². The fourth-order valence-electron chi connectivity index (χ4n) is 1.60. The first-order valence-electron chi connectivity index (χ1n) is 5.98. The van der Waals surface area contributed by atoms with Crippen LogP contribution in [0.15, 0.2) is 48.7 Å². The smallest absolute Gasteiger partial charge is 0.129 e. The molecule has 0 aliphatic rings. The number of pyridine rings is 1. The van der Waals surface area contributed by atoms with Crippen molar-refractivity contribution in [1.29, 1.82) is 0 Å². The topological polar surface area (TPSA) is 22.1 Å². The van der Waals surface area contributed by atoms with Crippen LogP contribution in [0.4, 0.5) is 0 Å². The number of aromatic nitrogens is 1. The highest BCUT2D eigenvalue weighted by molar-refractivity contribution is 5.66. The molecule has 2 nitrogen and oxygen atoms in total. The summed E-state index contributed by atoms with van der Waals surface area (Å²) in [5.74, 6) is 0.903. The van der Waals surface area contributed by atoms with Gasteiger partial charge in [0.1, 0.15) is 5.75 Å². The third-order valence-electron chi connectivity index (χ3n) is 2.73. The van der Waals surface area contributed by atoms with Crippen molar-refractivity contribution >= 4 is 0 Å². The van der Waals surface area contributed by atoms with Gasteiger partial charge in [-0.2, -0.15) is 0 Å². The molecule has 0 fully saturated rings. The molecule has 1 aromatic heterocycles. The maximum atomic E-state index is 5.91. The first-order valence-corrected chi connectivity index (χ1v) is 5.98. The average molecular weight is 227 g/mol. The lowest BCUT2D eigenvalue weighted by Gasteiger charge is -2.15. The molecule has 1 heterocycles. The summed E-state index contributed by atoms with van der Waals surface area (Å²) >= 11 is 0. The molecule has 0 unspecified atom stereocenters. The highest BCUT2D eigenvalue weighted by Gasteiger charge is 2.08. The van der Waals surface area contributed by atoms with E-state index in [0.29, 0.717) is 0 Å². The largest absolute Gasteiger partial charge is 0.490 e. The maximum Gasteiger partial charge on any atom is 0.129 e. The van der Waals surface area contributed by atoms with E-state index in [4.69, 9.17) is 4.74 Å². The second-order valence-electron chi connectivity index (χ2n) is 4.05. The van der Waals surface area contributed by atoms with Crippen LogP contribution in [0.5, 0.6) is 5.75 Å². The number of ether oxygens (including phenoxy) is 1. The third-order valence-corrected chi connectivity index (χ3v) is 2.73. The summed E-state index contributed by atoms with van der Waals surface area (Å²) in [6, 6.07) is 13.9. The van der Waals surface area contributed by atoms with Gasteiger partial charge in [0.25, 0.3) is 0 Å². The Bertz CT molecular complexity index is 467. The zero-order valence-corrected chi connectivity index (χ0v) is 10.3. The van der Waals surface area contributed by atoms with E-state index in [1.807, 2.05) is 42.5 Å². The van der Waals surface area contributed by atoms with Gasteiger partial charge in [0, 0.05) is 11.8 Å². The Balaban J connectivity index is 2.34. The minimum absolute atomic E-state index is 0.222. The van der Waals surface area contributed by atoms with Crippen molar-refractivity contribution < 1.29 is 4.74 Å². The second-order valence-corrected chi connectivity index (χ2v) is 4.05. The molecular weight excluding hydrogens is 210 g/mol. The van der Waals surface area contributed by atoms with Gasteiger partial charge in [0.2, 0.25) is 0 Å². The van der Waals surface area contributed by atoms with Gasteiger partial charge in [-0.05, 0) is 37.6 Å². The summed E-state index contributed by atoms with van der Waals surface area (Å²) in [5, 5.41) is 0. The molecule has 0 aliphatic heterocycles. The first kappa shape index (κ1) is 11.6. The SMILES string of the molecule is CC[C@H](C)Oc1ccccc1-c1ccccn1. The van der Waals surface area contributed by atoms with E-state index >= 15 is 0 Å². The second kappa shape index (κ2) is 5.48. The van der Waals surface area contributed by atoms with E-state index in [-0.39, 0.29) is 6.10 Å². The molecule has 0 bridgehead atoms. The Morgan fingerprint density at radius 3 is 2.59 bits per heavy atom. The predicted octanol–water partition coefficient (Wildman–Crippen LogP) is 3.93. The average Bonchev–Trinajstić information content (AvgIpc) is 2.40. The van der Waals surface area contributed by atoms with Crippen LogP contribution < -0.4 is 4.74 Å². The molecule has 17 heavy (non-hydrogen) atoms. The van der Waals surface area contributed by atoms with Gasteiger partial charge in [-0.15, -0.1) is 0 Å². The molecule has 0 aliphatic carbocycles. The lowest BCUT2D eigenvalue weighted by molar-refractivity contribution is 0.218. The lowest BCUT2D eigenvalue weighted by Crippen LogP contribution is -2.10. The molecule has 88 valence electrons. The van der Waals surface area contributed by atoms with E-state index in [2.05, 4.69) is 18.8 Å². The summed E-state index contributed by atoms with van der Waals surface area (Å²) < 4.78 is 5.91. The molecule has 0 amide bonds. The monoisotopic (exact) mass is 227 g/mol. The minimum atomic E-state index is 0.222. The molecule has 2 aromatic rings. The molecule has 1 aromatic carbocycles. The van der Waals surface area contributed by atoms with Crippen LogP contribution in [-0.2, 0) is 0 Å². The normalized spacial score (nSPS) is 12.1. The summed E-state index contributed by atoms with van der Waals surface area (Å²) in [6.45, 7) is 4.20. The summed E-state index contributed by atoms with van der Waals surface area (Å²) in [6.07, 6.45) is 3.02.